The molecule has 0 spiro atoms. The number of rotatable bonds is 5. The van der Waals surface area contributed by atoms with Crippen molar-refractivity contribution >= 4 is 21.8 Å². The van der Waals surface area contributed by atoms with Crippen LogP contribution in [0.25, 0.3) is 0 Å². The Morgan fingerprint density at radius 1 is 1.04 bits per heavy atom. The van der Waals surface area contributed by atoms with Crippen LogP contribution in [0.5, 0.6) is 11.5 Å². The van der Waals surface area contributed by atoms with Crippen LogP contribution in [0, 0.1) is 0 Å². The van der Waals surface area contributed by atoms with E-state index >= 15 is 0 Å². The minimum absolute atomic E-state index is 0.0634. The van der Waals surface area contributed by atoms with Gasteiger partial charge in [0.1, 0.15) is 11.5 Å². The number of carbonyl (C=O) groups excluding carboxylic acids is 1. The number of hydrogen-bond donors (Lipinski definition) is 0. The molecular weight excluding hydrogens is 358 g/mol. The van der Waals surface area contributed by atoms with Crippen LogP contribution in [-0.4, -0.2) is 32.1 Å². The number of amides is 1. The fraction of sp³-hybridized carbons (Fsp3) is 0.278. The molecule has 0 saturated carbocycles. The second kappa shape index (κ2) is 7.51. The third kappa shape index (κ3) is 3.85. The molecule has 0 fully saturated rings. The van der Waals surface area contributed by atoms with Gasteiger partial charge in [-0.25, -0.2) is 0 Å². The Labute approximate surface area is 145 Å². The molecule has 0 radical (unpaired) electrons. The summed E-state index contributed by atoms with van der Waals surface area (Å²) in [5, 5.41) is 0. The van der Waals surface area contributed by atoms with E-state index in [4.69, 9.17) is 9.47 Å². The van der Waals surface area contributed by atoms with Gasteiger partial charge in [-0.2, -0.15) is 0 Å². The van der Waals surface area contributed by atoms with E-state index in [2.05, 4.69) is 15.9 Å². The fourth-order valence-electron chi connectivity index (χ4n) is 2.27. The number of methoxy groups -OCH3 is 2. The summed E-state index contributed by atoms with van der Waals surface area (Å²) in [6.45, 7) is 1.99. The van der Waals surface area contributed by atoms with Crippen LogP contribution in [0.15, 0.2) is 46.9 Å². The molecule has 0 saturated heterocycles. The molecule has 23 heavy (non-hydrogen) atoms. The van der Waals surface area contributed by atoms with Gasteiger partial charge < -0.3 is 14.4 Å². The summed E-state index contributed by atoms with van der Waals surface area (Å²) in [5.74, 6) is 1.38. The zero-order chi connectivity index (χ0) is 17.0. The highest BCUT2D eigenvalue weighted by atomic mass is 79.9. The highest BCUT2D eigenvalue weighted by molar-refractivity contribution is 9.10. The van der Waals surface area contributed by atoms with E-state index in [-0.39, 0.29) is 11.9 Å². The lowest BCUT2D eigenvalue weighted by molar-refractivity contribution is 0.0741. The molecule has 1 amide bonds. The third-order valence-corrected chi connectivity index (χ3v) is 4.59. The maximum atomic E-state index is 12.8. The smallest absolute Gasteiger partial charge is 0.255 e. The molecule has 0 bridgehead atoms. The quantitative estimate of drug-likeness (QED) is 0.779. The first-order valence-electron chi connectivity index (χ1n) is 7.22. The summed E-state index contributed by atoms with van der Waals surface area (Å²) in [7, 11) is 5.01. The molecule has 5 heteroatoms. The summed E-state index contributed by atoms with van der Waals surface area (Å²) in [4.78, 5) is 14.5. The molecular formula is C18H20BrNO3. The lowest BCUT2D eigenvalue weighted by atomic mass is 10.1. The molecule has 0 heterocycles. The summed E-state index contributed by atoms with van der Waals surface area (Å²) in [6, 6.07) is 13.0. The zero-order valence-electron chi connectivity index (χ0n) is 13.7. The maximum absolute atomic E-state index is 12.8. The summed E-state index contributed by atoms with van der Waals surface area (Å²) < 4.78 is 11.1. The van der Waals surface area contributed by atoms with Crippen molar-refractivity contribution in [2.45, 2.75) is 13.0 Å². The Morgan fingerprint density at radius 3 is 2.17 bits per heavy atom. The molecule has 1 atom stereocenters. The number of carbonyl (C=O) groups is 1. The van der Waals surface area contributed by atoms with Gasteiger partial charge in [0, 0.05) is 11.5 Å². The van der Waals surface area contributed by atoms with Crippen molar-refractivity contribution in [3.8, 4) is 11.5 Å². The van der Waals surface area contributed by atoms with Crippen molar-refractivity contribution in [3.05, 3.63) is 58.1 Å². The van der Waals surface area contributed by atoms with Crippen LogP contribution < -0.4 is 9.47 Å². The highest BCUT2D eigenvalue weighted by Crippen LogP contribution is 2.27. The number of benzene rings is 2. The van der Waals surface area contributed by atoms with Crippen molar-refractivity contribution in [1.82, 2.24) is 4.90 Å². The van der Waals surface area contributed by atoms with Gasteiger partial charge >= 0.3 is 0 Å². The zero-order valence-corrected chi connectivity index (χ0v) is 15.3. The third-order valence-electron chi connectivity index (χ3n) is 3.90. The second-order valence-corrected chi connectivity index (χ2v) is 6.07. The van der Waals surface area contributed by atoms with Crippen LogP contribution in [0.1, 0.15) is 28.9 Å². The average Bonchev–Trinajstić information content (AvgIpc) is 2.60. The van der Waals surface area contributed by atoms with Crippen LogP contribution >= 0.6 is 15.9 Å². The second-order valence-electron chi connectivity index (χ2n) is 5.21. The monoisotopic (exact) mass is 377 g/mol. The maximum Gasteiger partial charge on any atom is 0.255 e. The Hall–Kier alpha value is -2.01. The predicted molar refractivity (Wildman–Crippen MR) is 94.2 cm³/mol. The van der Waals surface area contributed by atoms with Crippen LogP contribution in [0.3, 0.4) is 0 Å². The predicted octanol–water partition coefficient (Wildman–Crippen LogP) is 4.30. The molecule has 2 rings (SSSR count). The molecule has 0 N–H and O–H groups in total. The van der Waals surface area contributed by atoms with Crippen LogP contribution in [0.2, 0.25) is 0 Å². The van der Waals surface area contributed by atoms with Crippen molar-refractivity contribution in [2.75, 3.05) is 21.3 Å². The van der Waals surface area contributed by atoms with E-state index in [9.17, 15) is 4.79 Å². The SMILES string of the molecule is COc1ccc(C(C)N(C)C(=O)c2cc(OC)ccc2Br)cc1. The average molecular weight is 378 g/mol. The molecule has 2 aromatic rings. The van der Waals surface area contributed by atoms with Crippen molar-refractivity contribution < 1.29 is 14.3 Å². The summed E-state index contributed by atoms with van der Waals surface area (Å²) >= 11 is 3.43. The largest absolute Gasteiger partial charge is 0.497 e. The Kier molecular flexibility index (Phi) is 5.66. The van der Waals surface area contributed by atoms with Gasteiger partial charge in [-0.1, -0.05) is 12.1 Å². The lowest BCUT2D eigenvalue weighted by Crippen LogP contribution is -2.30. The molecule has 0 aliphatic rings. The molecule has 0 aliphatic carbocycles. The number of ether oxygens (including phenoxy) is 2. The minimum Gasteiger partial charge on any atom is -0.497 e. The van der Waals surface area contributed by atoms with Crippen molar-refractivity contribution in [3.63, 3.8) is 0 Å². The van der Waals surface area contributed by atoms with E-state index in [0.29, 0.717) is 11.3 Å². The Balaban J connectivity index is 2.24. The van der Waals surface area contributed by atoms with E-state index in [1.165, 1.54) is 0 Å². The van der Waals surface area contributed by atoms with Crippen LogP contribution in [-0.2, 0) is 0 Å². The van der Waals surface area contributed by atoms with E-state index in [1.807, 2.05) is 43.3 Å². The molecule has 0 aliphatic heterocycles. The fourth-order valence-corrected chi connectivity index (χ4v) is 2.68. The molecule has 1 unspecified atom stereocenters. The van der Waals surface area contributed by atoms with Gasteiger partial charge in [0.2, 0.25) is 0 Å². The molecule has 122 valence electrons. The van der Waals surface area contributed by atoms with E-state index in [1.54, 1.807) is 32.2 Å². The standard InChI is InChI=1S/C18H20BrNO3/c1-12(13-5-7-14(22-3)8-6-13)20(2)18(21)16-11-15(23-4)9-10-17(16)19/h5-12H,1-4H3. The normalized spacial score (nSPS) is 11.7. The van der Waals surface area contributed by atoms with E-state index < -0.39 is 0 Å². The number of nitrogens with zero attached hydrogens (tertiary/aromatic N) is 1. The Bertz CT molecular complexity index is 685. The van der Waals surface area contributed by atoms with E-state index in [0.717, 1.165) is 15.8 Å². The minimum atomic E-state index is -0.0703. The van der Waals surface area contributed by atoms with Gasteiger partial charge in [-0.15, -0.1) is 0 Å². The summed E-state index contributed by atoms with van der Waals surface area (Å²) in [6.07, 6.45) is 0. The van der Waals surface area contributed by atoms with Gasteiger partial charge in [0.25, 0.3) is 5.91 Å². The number of hydrogen-bond acceptors (Lipinski definition) is 3. The van der Waals surface area contributed by atoms with Crippen LogP contribution in [0.4, 0.5) is 0 Å². The topological polar surface area (TPSA) is 38.8 Å². The van der Waals surface area contributed by atoms with Crippen molar-refractivity contribution in [2.24, 2.45) is 0 Å². The van der Waals surface area contributed by atoms with Gasteiger partial charge in [0.15, 0.2) is 0 Å². The first-order valence-corrected chi connectivity index (χ1v) is 8.02. The Morgan fingerprint density at radius 2 is 1.61 bits per heavy atom. The molecule has 0 aromatic heterocycles. The lowest BCUT2D eigenvalue weighted by Gasteiger charge is -2.26. The summed E-state index contributed by atoms with van der Waals surface area (Å²) in [5.41, 5.74) is 1.62. The van der Waals surface area contributed by atoms with Gasteiger partial charge in [0.05, 0.1) is 25.8 Å². The van der Waals surface area contributed by atoms with Gasteiger partial charge in [-0.3, -0.25) is 4.79 Å². The first kappa shape index (κ1) is 17.3. The van der Waals surface area contributed by atoms with Crippen molar-refractivity contribution in [1.29, 1.82) is 0 Å². The number of halogens is 1. The molecule has 2 aromatic carbocycles. The first-order chi connectivity index (χ1) is 11.0. The van der Waals surface area contributed by atoms with Gasteiger partial charge in [-0.05, 0) is 58.7 Å². The highest BCUT2D eigenvalue weighted by Gasteiger charge is 2.21. The molecule has 4 nitrogen and oxygen atoms in total.